The summed E-state index contributed by atoms with van der Waals surface area (Å²) in [5.74, 6) is -0.669. The quantitative estimate of drug-likeness (QED) is 0.406. The summed E-state index contributed by atoms with van der Waals surface area (Å²) in [6.07, 6.45) is 2.26. The minimum absolute atomic E-state index is 0.103. The van der Waals surface area contributed by atoms with E-state index >= 15 is 0 Å². The van der Waals surface area contributed by atoms with Crippen LogP contribution in [0.4, 0.5) is 19.3 Å². The van der Waals surface area contributed by atoms with E-state index in [1.165, 1.54) is 18.2 Å². The van der Waals surface area contributed by atoms with Gasteiger partial charge in [0.2, 0.25) is 0 Å². The van der Waals surface area contributed by atoms with Crippen LogP contribution in [0, 0.1) is 11.6 Å². The first-order chi connectivity index (χ1) is 16.9. The smallest absolute Gasteiger partial charge is 0.324 e. The van der Waals surface area contributed by atoms with Crippen LogP contribution in [0.2, 0.25) is 0 Å². The van der Waals surface area contributed by atoms with Gasteiger partial charge in [-0.15, -0.1) is 0 Å². The van der Waals surface area contributed by atoms with Crippen LogP contribution in [0.5, 0.6) is 0 Å². The summed E-state index contributed by atoms with van der Waals surface area (Å²) in [5.41, 5.74) is 1.94. The summed E-state index contributed by atoms with van der Waals surface area (Å²) in [7, 11) is 0. The molecule has 2 saturated heterocycles. The molecule has 0 aliphatic carbocycles. The molecular formula is C27H24F2N4O2. The second-order valence-corrected chi connectivity index (χ2v) is 9.26. The second-order valence-electron chi connectivity index (χ2n) is 9.26. The molecule has 6 rings (SSSR count). The number of carbonyl (C=O) groups excluding carboxylic acids is 1. The zero-order chi connectivity index (χ0) is 24.2. The third-order valence-corrected chi connectivity index (χ3v) is 7.10. The first-order valence-electron chi connectivity index (χ1n) is 11.6. The Balaban J connectivity index is 1.27. The molecule has 0 unspecified atom stereocenters. The van der Waals surface area contributed by atoms with Crippen LogP contribution < -0.4 is 4.90 Å². The third-order valence-electron chi connectivity index (χ3n) is 7.10. The molecule has 3 aromatic carbocycles. The van der Waals surface area contributed by atoms with Gasteiger partial charge in [0.05, 0.1) is 35.7 Å². The number of ether oxygens (including phenoxy) is 1. The van der Waals surface area contributed by atoms with Gasteiger partial charge in [0.15, 0.2) is 0 Å². The van der Waals surface area contributed by atoms with Crippen molar-refractivity contribution in [2.45, 2.75) is 25.0 Å². The van der Waals surface area contributed by atoms with Crippen molar-refractivity contribution < 1.29 is 18.3 Å². The number of benzene rings is 3. The Morgan fingerprint density at radius 3 is 2.63 bits per heavy atom. The molecule has 1 aromatic heterocycles. The van der Waals surface area contributed by atoms with Crippen LogP contribution in [0.15, 0.2) is 72.9 Å². The van der Waals surface area contributed by atoms with Crippen molar-refractivity contribution in [3.8, 4) is 5.69 Å². The number of fused-ring (bicyclic) bond motifs is 1. The molecule has 0 radical (unpaired) electrons. The lowest BCUT2D eigenvalue weighted by atomic mass is 9.91. The van der Waals surface area contributed by atoms with E-state index in [2.05, 4.69) is 5.10 Å². The van der Waals surface area contributed by atoms with Crippen molar-refractivity contribution in [2.24, 2.45) is 0 Å². The Morgan fingerprint density at radius 1 is 1.00 bits per heavy atom. The van der Waals surface area contributed by atoms with E-state index in [1.54, 1.807) is 40.0 Å². The summed E-state index contributed by atoms with van der Waals surface area (Å²) in [6, 6.07) is 18.3. The highest BCUT2D eigenvalue weighted by Gasteiger charge is 2.44. The molecule has 4 aromatic rings. The van der Waals surface area contributed by atoms with Gasteiger partial charge < -0.3 is 9.64 Å². The largest absolute Gasteiger partial charge is 0.368 e. The maximum atomic E-state index is 14.4. The Kier molecular flexibility index (Phi) is 5.07. The lowest BCUT2D eigenvalue weighted by Crippen LogP contribution is -2.40. The molecule has 2 amide bonds. The van der Waals surface area contributed by atoms with Crippen LogP contribution in [0.25, 0.3) is 16.6 Å². The second kappa shape index (κ2) is 8.16. The summed E-state index contributed by atoms with van der Waals surface area (Å²) >= 11 is 0. The molecule has 0 saturated carbocycles. The molecule has 2 aliphatic heterocycles. The molecule has 2 fully saturated rings. The van der Waals surface area contributed by atoms with Gasteiger partial charge in [0.25, 0.3) is 0 Å². The predicted molar refractivity (Wildman–Crippen MR) is 129 cm³/mol. The number of anilines is 1. The Morgan fingerprint density at radius 2 is 1.80 bits per heavy atom. The predicted octanol–water partition coefficient (Wildman–Crippen LogP) is 5.25. The van der Waals surface area contributed by atoms with Crippen LogP contribution in [-0.2, 0) is 10.3 Å². The van der Waals surface area contributed by atoms with Gasteiger partial charge in [-0.25, -0.2) is 18.3 Å². The van der Waals surface area contributed by atoms with Gasteiger partial charge in [0.1, 0.15) is 17.3 Å². The molecule has 6 nitrogen and oxygen atoms in total. The zero-order valence-corrected chi connectivity index (χ0v) is 19.2. The van der Waals surface area contributed by atoms with Crippen molar-refractivity contribution >= 4 is 22.6 Å². The Labute approximate surface area is 201 Å². The third kappa shape index (κ3) is 3.56. The highest BCUT2D eigenvalue weighted by Crippen LogP contribution is 2.39. The summed E-state index contributed by atoms with van der Waals surface area (Å²) in [4.78, 5) is 17.1. The normalized spacial score (nSPS) is 22.5. The van der Waals surface area contributed by atoms with Gasteiger partial charge in [-0.05, 0) is 48.9 Å². The monoisotopic (exact) mass is 474 g/mol. The summed E-state index contributed by atoms with van der Waals surface area (Å²) in [6.45, 7) is 3.42. The number of aromatic nitrogens is 2. The van der Waals surface area contributed by atoms with Gasteiger partial charge in [-0.1, -0.05) is 30.3 Å². The average Bonchev–Trinajstić information content (AvgIpc) is 3.57. The molecule has 8 heteroatoms. The van der Waals surface area contributed by atoms with Crippen LogP contribution in [-0.4, -0.2) is 46.4 Å². The standard InChI is InChI=1S/C27H24F2N4O2/c1-27(18-6-4-7-19(28)14-18)15-20(17-35-27)31-12-13-32(26(31)34)23-10-5-11-24-21(23)16-30-33(24)25-9-3-2-8-22(25)29/h2-11,14,16,20H,12-13,15,17H2,1H3/t20-,27+/m1/s1. The highest BCUT2D eigenvalue weighted by molar-refractivity contribution is 6.03. The fourth-order valence-corrected chi connectivity index (χ4v) is 5.27. The van der Waals surface area contributed by atoms with Gasteiger partial charge in [-0.2, -0.15) is 5.10 Å². The molecule has 2 aliphatic rings. The van der Waals surface area contributed by atoms with E-state index in [4.69, 9.17) is 4.74 Å². The van der Waals surface area contributed by atoms with E-state index in [-0.39, 0.29) is 23.7 Å². The van der Waals surface area contributed by atoms with E-state index in [9.17, 15) is 13.6 Å². The van der Waals surface area contributed by atoms with E-state index in [0.717, 1.165) is 22.2 Å². The molecular weight excluding hydrogens is 450 g/mol. The fourth-order valence-electron chi connectivity index (χ4n) is 5.27. The van der Waals surface area contributed by atoms with Crippen molar-refractivity contribution in [1.29, 1.82) is 0 Å². The number of amides is 2. The van der Waals surface area contributed by atoms with Gasteiger partial charge in [-0.3, -0.25) is 4.90 Å². The number of hydrogen-bond acceptors (Lipinski definition) is 3. The maximum absolute atomic E-state index is 14.4. The highest BCUT2D eigenvalue weighted by atomic mass is 19.1. The summed E-state index contributed by atoms with van der Waals surface area (Å²) in [5, 5.41) is 5.19. The molecule has 0 spiro atoms. The van der Waals surface area contributed by atoms with Crippen molar-refractivity contribution in [3.05, 3.63) is 90.1 Å². The van der Waals surface area contributed by atoms with Crippen molar-refractivity contribution in [3.63, 3.8) is 0 Å². The van der Waals surface area contributed by atoms with Crippen LogP contribution in [0.1, 0.15) is 18.9 Å². The van der Waals surface area contributed by atoms with E-state index < -0.39 is 5.60 Å². The van der Waals surface area contributed by atoms with Crippen LogP contribution in [0.3, 0.4) is 0 Å². The average molecular weight is 475 g/mol. The number of halogens is 2. The van der Waals surface area contributed by atoms with E-state index in [0.29, 0.717) is 31.8 Å². The van der Waals surface area contributed by atoms with E-state index in [1.807, 2.05) is 36.1 Å². The zero-order valence-electron chi connectivity index (χ0n) is 19.2. The Hall–Kier alpha value is -3.78. The number of urea groups is 1. The number of carbonyl (C=O) groups is 1. The minimum atomic E-state index is -0.651. The van der Waals surface area contributed by atoms with Crippen molar-refractivity contribution in [2.75, 3.05) is 24.6 Å². The molecule has 0 N–H and O–H groups in total. The van der Waals surface area contributed by atoms with Gasteiger partial charge >= 0.3 is 6.03 Å². The topological polar surface area (TPSA) is 50.6 Å². The number of para-hydroxylation sites is 1. The fraction of sp³-hybridized carbons (Fsp3) is 0.259. The molecule has 2 atom stereocenters. The van der Waals surface area contributed by atoms with Crippen LogP contribution >= 0.6 is 0 Å². The summed E-state index contributed by atoms with van der Waals surface area (Å²) < 4.78 is 35.9. The number of nitrogens with zero attached hydrogens (tertiary/aromatic N) is 4. The molecule has 3 heterocycles. The Bertz CT molecular complexity index is 1440. The minimum Gasteiger partial charge on any atom is -0.368 e. The van der Waals surface area contributed by atoms with Gasteiger partial charge in [0, 0.05) is 24.9 Å². The number of rotatable bonds is 4. The first kappa shape index (κ1) is 21.7. The molecule has 35 heavy (non-hydrogen) atoms. The lowest BCUT2D eigenvalue weighted by Gasteiger charge is -2.26. The molecule has 0 bridgehead atoms. The molecule has 178 valence electrons. The maximum Gasteiger partial charge on any atom is 0.324 e. The first-order valence-corrected chi connectivity index (χ1v) is 11.6. The number of hydrogen-bond donors (Lipinski definition) is 0. The lowest BCUT2D eigenvalue weighted by molar-refractivity contribution is 0.0148. The SMILES string of the molecule is C[C@@]1(c2cccc(F)c2)C[C@@H](N2CCN(c3cccc4c3cnn4-c3ccccc3F)C2=O)CO1. The van der Waals surface area contributed by atoms with Crippen molar-refractivity contribution in [1.82, 2.24) is 14.7 Å².